The zero-order valence-corrected chi connectivity index (χ0v) is 27.4. The lowest BCUT2D eigenvalue weighted by Gasteiger charge is -2.21. The Kier molecular flexibility index (Phi) is 7.90. The van der Waals surface area contributed by atoms with Crippen molar-refractivity contribution in [1.82, 2.24) is 14.5 Å². The van der Waals surface area contributed by atoms with E-state index in [1.54, 1.807) is 16.8 Å². The van der Waals surface area contributed by atoms with Gasteiger partial charge in [-0.15, -0.1) is 0 Å². The number of benzene rings is 2. The van der Waals surface area contributed by atoms with Gasteiger partial charge < -0.3 is 29.2 Å². The van der Waals surface area contributed by atoms with Crippen molar-refractivity contribution < 1.29 is 22.7 Å². The van der Waals surface area contributed by atoms with E-state index in [2.05, 4.69) is 45.8 Å². The SMILES string of the molecule is COc1c(NC(=O)c2cc3cccc(Oc4ccnc(N5CC[C@H](N(C)C)C5)c4)c3n2C)cc(C2(C)CC2)cc1NS(C)(=O)=O. The molecule has 1 saturated carbocycles. The van der Waals surface area contributed by atoms with Gasteiger partial charge in [-0.1, -0.05) is 19.1 Å². The molecule has 2 N–H and O–H groups in total. The number of pyridine rings is 1. The molecular weight excluding hydrogens is 592 g/mol. The molecule has 1 aliphatic carbocycles. The van der Waals surface area contributed by atoms with Crippen LogP contribution in [0.5, 0.6) is 17.2 Å². The molecule has 12 heteroatoms. The van der Waals surface area contributed by atoms with Crippen molar-refractivity contribution in [3.8, 4) is 17.2 Å². The molecule has 45 heavy (non-hydrogen) atoms. The van der Waals surface area contributed by atoms with Gasteiger partial charge in [0.05, 0.1) is 30.3 Å². The van der Waals surface area contributed by atoms with Crippen LogP contribution in [0.4, 0.5) is 17.2 Å². The standard InChI is InChI=1S/C33H40N6O5S/c1-33(12-13-33)22-17-25(31(43-5)26(18-22)36-45(6,41)42)35-32(40)27-16-21-8-7-9-28(30(21)38(27)4)44-24-10-14-34-29(19-24)39-15-11-23(20-39)37(2)3/h7-10,14,16-19,23,36H,11-13,15,20H2,1-6H3,(H,35,40)/t23-/m0/s1. The Morgan fingerprint density at radius 3 is 2.53 bits per heavy atom. The molecule has 11 nitrogen and oxygen atoms in total. The highest BCUT2D eigenvalue weighted by Crippen LogP contribution is 2.51. The number of hydrogen-bond donors (Lipinski definition) is 2. The summed E-state index contributed by atoms with van der Waals surface area (Å²) in [5.41, 5.74) is 2.70. The van der Waals surface area contributed by atoms with Crippen molar-refractivity contribution in [2.75, 3.05) is 55.5 Å². The van der Waals surface area contributed by atoms with E-state index in [4.69, 9.17) is 9.47 Å². The maximum atomic E-state index is 13.8. The monoisotopic (exact) mass is 632 g/mol. The van der Waals surface area contributed by atoms with E-state index < -0.39 is 10.0 Å². The summed E-state index contributed by atoms with van der Waals surface area (Å²) in [7, 11) is 3.89. The highest BCUT2D eigenvalue weighted by Gasteiger charge is 2.40. The predicted octanol–water partition coefficient (Wildman–Crippen LogP) is 5.19. The quantitative estimate of drug-likeness (QED) is 0.245. The van der Waals surface area contributed by atoms with Crippen LogP contribution in [0.2, 0.25) is 0 Å². The van der Waals surface area contributed by atoms with Gasteiger partial charge in [-0.05, 0) is 74.7 Å². The summed E-state index contributed by atoms with van der Waals surface area (Å²) >= 11 is 0. The number of hydrogen-bond acceptors (Lipinski definition) is 8. The number of amides is 1. The number of carbonyl (C=O) groups is 1. The van der Waals surface area contributed by atoms with Crippen LogP contribution in [0, 0.1) is 0 Å². The number of methoxy groups -OCH3 is 1. The van der Waals surface area contributed by atoms with E-state index in [0.29, 0.717) is 28.9 Å². The van der Waals surface area contributed by atoms with Gasteiger partial charge >= 0.3 is 0 Å². The van der Waals surface area contributed by atoms with Crippen LogP contribution in [-0.2, 0) is 22.5 Å². The molecule has 2 aromatic heterocycles. The summed E-state index contributed by atoms with van der Waals surface area (Å²) in [6.45, 7) is 3.96. The molecule has 0 unspecified atom stereocenters. The minimum atomic E-state index is -3.59. The molecule has 1 saturated heterocycles. The molecule has 238 valence electrons. The van der Waals surface area contributed by atoms with E-state index in [1.165, 1.54) is 7.11 Å². The second-order valence-electron chi connectivity index (χ2n) is 12.6. The summed E-state index contributed by atoms with van der Waals surface area (Å²) in [6, 6.07) is 15.5. The molecule has 3 heterocycles. The molecule has 1 atom stereocenters. The second-order valence-corrected chi connectivity index (χ2v) is 14.3. The minimum absolute atomic E-state index is 0.0821. The molecule has 0 radical (unpaired) electrons. The van der Waals surface area contributed by atoms with Crippen LogP contribution in [0.1, 0.15) is 42.2 Å². The van der Waals surface area contributed by atoms with Crippen LogP contribution in [-0.4, -0.2) is 75.4 Å². The normalized spacial score (nSPS) is 17.5. The first-order chi connectivity index (χ1) is 21.3. The van der Waals surface area contributed by atoms with Crippen molar-refractivity contribution in [2.45, 2.75) is 37.6 Å². The molecule has 2 aromatic carbocycles. The summed E-state index contributed by atoms with van der Waals surface area (Å²) in [5.74, 6) is 2.02. The van der Waals surface area contributed by atoms with Crippen molar-refractivity contribution in [3.63, 3.8) is 0 Å². The molecule has 4 aromatic rings. The molecule has 2 fully saturated rings. The number of aromatic nitrogens is 2. The number of carbonyl (C=O) groups excluding carboxylic acids is 1. The third kappa shape index (κ3) is 6.30. The van der Waals surface area contributed by atoms with Gasteiger partial charge in [-0.2, -0.15) is 0 Å². The number of rotatable bonds is 10. The van der Waals surface area contributed by atoms with Crippen molar-refractivity contribution in [3.05, 3.63) is 66.0 Å². The molecular formula is C33H40N6O5S. The van der Waals surface area contributed by atoms with Crippen LogP contribution in [0.15, 0.2) is 54.7 Å². The fourth-order valence-electron chi connectivity index (χ4n) is 6.04. The Bertz CT molecular complexity index is 1880. The number of likely N-dealkylation sites (N-methyl/N-ethyl adjacent to an activating group) is 1. The van der Waals surface area contributed by atoms with E-state index >= 15 is 0 Å². The lowest BCUT2D eigenvalue weighted by molar-refractivity contribution is 0.101. The molecule has 0 spiro atoms. The van der Waals surface area contributed by atoms with Gasteiger partial charge in [-0.3, -0.25) is 9.52 Å². The summed E-state index contributed by atoms with van der Waals surface area (Å²) in [5, 5.41) is 3.83. The molecule has 2 aliphatic rings. The average molecular weight is 633 g/mol. The van der Waals surface area contributed by atoms with Crippen molar-refractivity contribution in [2.24, 2.45) is 7.05 Å². The van der Waals surface area contributed by atoms with Gasteiger partial charge in [0.25, 0.3) is 5.91 Å². The third-order valence-electron chi connectivity index (χ3n) is 8.95. The maximum Gasteiger partial charge on any atom is 0.272 e. The largest absolute Gasteiger partial charge is 0.492 e. The number of sulfonamides is 1. The van der Waals surface area contributed by atoms with Crippen molar-refractivity contribution >= 4 is 44.0 Å². The molecule has 0 bridgehead atoms. The number of nitrogens with zero attached hydrogens (tertiary/aromatic N) is 4. The Hall–Kier alpha value is -4.29. The van der Waals surface area contributed by atoms with Crippen molar-refractivity contribution in [1.29, 1.82) is 0 Å². The van der Waals surface area contributed by atoms with Gasteiger partial charge in [0.15, 0.2) is 11.5 Å². The Labute approximate surface area is 264 Å². The third-order valence-corrected chi connectivity index (χ3v) is 9.54. The number of anilines is 3. The number of aryl methyl sites for hydroxylation is 1. The molecule has 1 aliphatic heterocycles. The highest BCUT2D eigenvalue weighted by atomic mass is 32.2. The highest BCUT2D eigenvalue weighted by molar-refractivity contribution is 7.92. The summed E-state index contributed by atoms with van der Waals surface area (Å²) in [6.07, 6.45) is 5.88. The smallest absolute Gasteiger partial charge is 0.272 e. The molecule has 1 amide bonds. The van der Waals surface area contributed by atoms with Gasteiger partial charge in [0.2, 0.25) is 10.0 Å². The first-order valence-corrected chi connectivity index (χ1v) is 16.9. The number of ether oxygens (including phenoxy) is 2. The fraction of sp³-hybridized carbons (Fsp3) is 0.394. The Morgan fingerprint density at radius 2 is 1.87 bits per heavy atom. The lowest BCUT2D eigenvalue weighted by Crippen LogP contribution is -2.31. The minimum Gasteiger partial charge on any atom is -0.492 e. The Balaban J connectivity index is 1.29. The first kappa shape index (κ1) is 30.7. The lowest BCUT2D eigenvalue weighted by atomic mass is 9.96. The van der Waals surface area contributed by atoms with E-state index in [-0.39, 0.29) is 22.8 Å². The Morgan fingerprint density at radius 1 is 1.11 bits per heavy atom. The zero-order valence-electron chi connectivity index (χ0n) is 26.5. The van der Waals surface area contributed by atoms with Gasteiger partial charge in [0, 0.05) is 43.8 Å². The zero-order chi connectivity index (χ0) is 32.1. The van der Waals surface area contributed by atoms with E-state index in [9.17, 15) is 13.2 Å². The predicted molar refractivity (Wildman–Crippen MR) is 178 cm³/mol. The summed E-state index contributed by atoms with van der Waals surface area (Å²) < 4.78 is 40.7. The topological polar surface area (TPSA) is 118 Å². The van der Waals surface area contributed by atoms with Crippen LogP contribution < -0.4 is 24.4 Å². The second kappa shape index (κ2) is 11.6. The number of para-hydroxylation sites is 1. The summed E-state index contributed by atoms with van der Waals surface area (Å²) in [4.78, 5) is 22.9. The van der Waals surface area contributed by atoms with Gasteiger partial charge in [0.1, 0.15) is 17.3 Å². The average Bonchev–Trinajstić information content (AvgIpc) is 3.38. The number of fused-ring (bicyclic) bond motifs is 1. The van der Waals surface area contributed by atoms with Gasteiger partial charge in [-0.25, -0.2) is 13.4 Å². The van der Waals surface area contributed by atoms with Crippen LogP contribution >= 0.6 is 0 Å². The van der Waals surface area contributed by atoms with E-state index in [1.807, 2.05) is 49.5 Å². The van der Waals surface area contributed by atoms with Crippen LogP contribution in [0.25, 0.3) is 10.9 Å². The fourth-order valence-corrected chi connectivity index (χ4v) is 6.59. The van der Waals surface area contributed by atoms with E-state index in [0.717, 1.165) is 60.9 Å². The first-order valence-electron chi connectivity index (χ1n) is 15.0. The number of nitrogens with one attached hydrogen (secondary N) is 2. The maximum absolute atomic E-state index is 13.8. The van der Waals surface area contributed by atoms with Crippen LogP contribution in [0.3, 0.4) is 0 Å². The molecule has 6 rings (SSSR count).